The number of hydrogen-bond acceptors (Lipinski definition) is 3. The summed E-state index contributed by atoms with van der Waals surface area (Å²) in [6.45, 7) is 7.01. The van der Waals surface area contributed by atoms with E-state index in [2.05, 4.69) is 17.0 Å². The van der Waals surface area contributed by atoms with Gasteiger partial charge in [0.15, 0.2) is 0 Å². The van der Waals surface area contributed by atoms with Crippen LogP contribution in [0.5, 0.6) is 0 Å². The van der Waals surface area contributed by atoms with E-state index >= 15 is 0 Å². The molecule has 0 aliphatic heterocycles. The smallest absolute Gasteiger partial charge is 0.270 e. The van der Waals surface area contributed by atoms with Crippen molar-refractivity contribution >= 4 is 35.0 Å². The van der Waals surface area contributed by atoms with Gasteiger partial charge in [-0.1, -0.05) is 29.8 Å². The zero-order chi connectivity index (χ0) is 17.2. The summed E-state index contributed by atoms with van der Waals surface area (Å²) < 4.78 is 1.16. The second-order valence-electron chi connectivity index (χ2n) is 5.45. The van der Waals surface area contributed by atoms with E-state index in [1.54, 1.807) is 26.1 Å². The van der Waals surface area contributed by atoms with Crippen LogP contribution in [0.4, 0.5) is 0 Å². The van der Waals surface area contributed by atoms with E-state index in [-0.39, 0.29) is 11.8 Å². The molecule has 23 heavy (non-hydrogen) atoms. The summed E-state index contributed by atoms with van der Waals surface area (Å²) in [4.78, 5) is 23.9. The van der Waals surface area contributed by atoms with E-state index in [0.29, 0.717) is 21.2 Å². The van der Waals surface area contributed by atoms with Crippen LogP contribution in [-0.4, -0.2) is 21.6 Å². The molecular formula is C16H15Cl2N3O2. The number of rotatable bonds is 4. The molecule has 0 unspecified atom stereocenters. The third kappa shape index (κ3) is 4.00. The Morgan fingerprint density at radius 1 is 1.26 bits per heavy atom. The monoisotopic (exact) mass is 351 g/mol. The number of nitrogens with one attached hydrogen (secondary N) is 1. The fourth-order valence-electron chi connectivity index (χ4n) is 1.97. The maximum Gasteiger partial charge on any atom is 0.270 e. The lowest BCUT2D eigenvalue weighted by molar-refractivity contribution is 0.0911. The minimum Gasteiger partial charge on any atom is -0.343 e. The number of halogens is 2. The van der Waals surface area contributed by atoms with Gasteiger partial charge in [0.2, 0.25) is 0 Å². The molecule has 5 nitrogen and oxygen atoms in total. The van der Waals surface area contributed by atoms with Crippen LogP contribution in [0.25, 0.3) is 0 Å². The second-order valence-corrected chi connectivity index (χ2v) is 6.33. The fourth-order valence-corrected chi connectivity index (χ4v) is 2.50. The highest BCUT2D eigenvalue weighted by Gasteiger charge is 2.26. The molecule has 1 aromatic heterocycles. The topological polar surface area (TPSA) is 64.0 Å². The minimum absolute atomic E-state index is 0.331. The summed E-state index contributed by atoms with van der Waals surface area (Å²) in [7, 11) is 0. The molecule has 7 heteroatoms. The average molecular weight is 352 g/mol. The van der Waals surface area contributed by atoms with Gasteiger partial charge in [-0.25, -0.2) is 4.68 Å². The van der Waals surface area contributed by atoms with Crippen molar-refractivity contribution in [3.8, 4) is 0 Å². The Balaban J connectivity index is 2.23. The van der Waals surface area contributed by atoms with Gasteiger partial charge in [-0.2, -0.15) is 5.10 Å². The van der Waals surface area contributed by atoms with E-state index in [9.17, 15) is 9.59 Å². The van der Waals surface area contributed by atoms with Crippen molar-refractivity contribution in [2.24, 2.45) is 0 Å². The van der Waals surface area contributed by atoms with Crippen LogP contribution in [0.3, 0.4) is 0 Å². The van der Waals surface area contributed by atoms with Crippen molar-refractivity contribution in [1.29, 1.82) is 0 Å². The largest absolute Gasteiger partial charge is 0.343 e. The van der Waals surface area contributed by atoms with Crippen LogP contribution >= 0.6 is 23.2 Å². The van der Waals surface area contributed by atoms with Crippen LogP contribution in [0, 0.1) is 0 Å². The van der Waals surface area contributed by atoms with Crippen LogP contribution in [-0.2, 0) is 5.54 Å². The molecule has 0 radical (unpaired) electrons. The van der Waals surface area contributed by atoms with E-state index in [0.717, 1.165) is 10.8 Å². The number of carbonyl (C=O) groups is 2. The molecule has 2 aromatic rings. The van der Waals surface area contributed by atoms with Crippen molar-refractivity contribution in [1.82, 2.24) is 15.1 Å². The average Bonchev–Trinajstić information content (AvgIpc) is 2.95. The van der Waals surface area contributed by atoms with Crippen molar-refractivity contribution < 1.29 is 9.59 Å². The highest BCUT2D eigenvalue weighted by atomic mass is 35.5. The van der Waals surface area contributed by atoms with Crippen molar-refractivity contribution in [2.45, 2.75) is 19.4 Å². The Morgan fingerprint density at radius 2 is 1.87 bits per heavy atom. The molecular weight excluding hydrogens is 337 g/mol. The summed E-state index contributed by atoms with van der Waals surface area (Å²) in [5, 5.41) is 7.59. The lowest BCUT2D eigenvalue weighted by Crippen LogP contribution is -2.40. The summed E-state index contributed by atoms with van der Waals surface area (Å²) >= 11 is 11.8. The number of benzene rings is 1. The van der Waals surface area contributed by atoms with Crippen molar-refractivity contribution in [2.75, 3.05) is 0 Å². The molecule has 0 saturated heterocycles. The number of aromatic nitrogens is 2. The van der Waals surface area contributed by atoms with Gasteiger partial charge >= 0.3 is 0 Å². The third-order valence-electron chi connectivity index (χ3n) is 3.26. The molecule has 0 bridgehead atoms. The van der Waals surface area contributed by atoms with Crippen molar-refractivity contribution in [3.05, 3.63) is 64.4 Å². The summed E-state index contributed by atoms with van der Waals surface area (Å²) in [5.41, 5.74) is 0.283. The molecule has 0 aliphatic carbocycles. The predicted molar refractivity (Wildman–Crippen MR) is 90.0 cm³/mol. The molecule has 1 amide bonds. The lowest BCUT2D eigenvalue weighted by Gasteiger charge is -2.25. The highest BCUT2D eigenvalue weighted by Crippen LogP contribution is 2.23. The van der Waals surface area contributed by atoms with Gasteiger partial charge in [0.1, 0.15) is 0 Å². The summed E-state index contributed by atoms with van der Waals surface area (Å²) in [5.74, 6) is -0.679. The normalized spacial score (nSPS) is 11.1. The van der Waals surface area contributed by atoms with Crippen LogP contribution in [0.1, 0.15) is 34.6 Å². The SMILES string of the molecule is C=CC(=O)n1cc(C(C)(C)NC(=O)c2cc(Cl)cc(Cl)c2)cn1. The van der Waals surface area contributed by atoms with Gasteiger partial charge < -0.3 is 5.32 Å². The van der Waals surface area contributed by atoms with E-state index < -0.39 is 5.54 Å². The van der Waals surface area contributed by atoms with Crippen LogP contribution < -0.4 is 5.32 Å². The number of amides is 1. The fraction of sp³-hybridized carbons (Fsp3) is 0.188. The first kappa shape index (κ1) is 17.2. The molecule has 1 heterocycles. The maximum atomic E-state index is 12.4. The molecule has 0 atom stereocenters. The quantitative estimate of drug-likeness (QED) is 0.854. The molecule has 0 spiro atoms. The Bertz CT molecular complexity index is 761. The molecule has 120 valence electrons. The molecule has 2 rings (SSSR count). The standard InChI is InChI=1S/C16H15Cl2N3O2/c1-4-14(22)21-9-11(8-19-21)16(2,3)20-15(23)10-5-12(17)7-13(18)6-10/h4-9H,1H2,2-3H3,(H,20,23). The van der Waals surface area contributed by atoms with Gasteiger partial charge in [0, 0.05) is 27.4 Å². The number of carbonyl (C=O) groups excluding carboxylic acids is 2. The highest BCUT2D eigenvalue weighted by molar-refractivity contribution is 6.35. The Hall–Kier alpha value is -2.11. The third-order valence-corrected chi connectivity index (χ3v) is 3.69. The minimum atomic E-state index is -0.744. The van der Waals surface area contributed by atoms with Crippen LogP contribution in [0.15, 0.2) is 43.2 Å². The molecule has 1 aromatic carbocycles. The Kier molecular flexibility index (Phi) is 4.92. The van der Waals surface area contributed by atoms with E-state index in [4.69, 9.17) is 23.2 Å². The first-order valence-electron chi connectivity index (χ1n) is 6.73. The lowest BCUT2D eigenvalue weighted by atomic mass is 9.97. The number of hydrogen-bond donors (Lipinski definition) is 1. The van der Waals surface area contributed by atoms with E-state index in [1.807, 2.05) is 0 Å². The first-order valence-corrected chi connectivity index (χ1v) is 7.49. The van der Waals surface area contributed by atoms with Gasteiger partial charge in [0.25, 0.3) is 11.8 Å². The number of allylic oxidation sites excluding steroid dienone is 1. The molecule has 0 fully saturated rings. The predicted octanol–water partition coefficient (Wildman–Crippen LogP) is 3.68. The van der Waals surface area contributed by atoms with Gasteiger partial charge in [0.05, 0.1) is 11.7 Å². The van der Waals surface area contributed by atoms with Gasteiger partial charge in [-0.15, -0.1) is 0 Å². The Labute approximate surface area is 143 Å². The van der Waals surface area contributed by atoms with Crippen LogP contribution in [0.2, 0.25) is 10.0 Å². The first-order chi connectivity index (χ1) is 10.7. The van der Waals surface area contributed by atoms with Gasteiger partial charge in [-0.05, 0) is 38.1 Å². The zero-order valence-corrected chi connectivity index (χ0v) is 14.1. The zero-order valence-electron chi connectivity index (χ0n) is 12.6. The second kappa shape index (κ2) is 6.56. The van der Waals surface area contributed by atoms with Gasteiger partial charge in [-0.3, -0.25) is 9.59 Å². The molecule has 0 saturated carbocycles. The summed E-state index contributed by atoms with van der Waals surface area (Å²) in [6, 6.07) is 4.61. The van der Waals surface area contributed by atoms with Crippen molar-refractivity contribution in [3.63, 3.8) is 0 Å². The number of nitrogens with zero attached hydrogens (tertiary/aromatic N) is 2. The van der Waals surface area contributed by atoms with E-state index in [1.165, 1.54) is 18.3 Å². The molecule has 1 N–H and O–H groups in total. The Morgan fingerprint density at radius 3 is 2.43 bits per heavy atom. The summed E-state index contributed by atoms with van der Waals surface area (Å²) in [6.07, 6.45) is 4.23. The maximum absolute atomic E-state index is 12.4. The molecule has 0 aliphatic rings.